The Morgan fingerprint density at radius 3 is 2.31 bits per heavy atom. The highest BCUT2D eigenvalue weighted by Gasteiger charge is 2.05. The summed E-state index contributed by atoms with van der Waals surface area (Å²) in [4.78, 5) is 0. The summed E-state index contributed by atoms with van der Waals surface area (Å²) >= 11 is 0. The molecule has 0 fully saturated rings. The molecule has 1 heterocycles. The zero-order chi connectivity index (χ0) is 9.26. The van der Waals surface area contributed by atoms with Crippen LogP contribution in [0.3, 0.4) is 0 Å². The van der Waals surface area contributed by atoms with E-state index in [1.54, 1.807) is 6.26 Å². The summed E-state index contributed by atoms with van der Waals surface area (Å²) in [7, 11) is 0. The highest BCUT2D eigenvalue weighted by molar-refractivity contribution is 5.68. The van der Waals surface area contributed by atoms with Gasteiger partial charge in [-0.2, -0.15) is 0 Å². The van der Waals surface area contributed by atoms with E-state index in [1.165, 1.54) is 16.7 Å². The highest BCUT2D eigenvalue weighted by Crippen LogP contribution is 2.26. The fourth-order valence-corrected chi connectivity index (χ4v) is 1.54. The maximum Gasteiger partial charge on any atom is 0.108 e. The smallest absolute Gasteiger partial charge is 0.108 e. The Morgan fingerprint density at radius 2 is 1.69 bits per heavy atom. The van der Waals surface area contributed by atoms with Crippen molar-refractivity contribution >= 4 is 0 Å². The monoisotopic (exact) mass is 172 g/mol. The largest absolute Gasteiger partial charge is 0.469 e. The van der Waals surface area contributed by atoms with Crippen LogP contribution >= 0.6 is 0 Å². The average molecular weight is 172 g/mol. The van der Waals surface area contributed by atoms with E-state index in [2.05, 4.69) is 25.1 Å². The summed E-state index contributed by atoms with van der Waals surface area (Å²) in [5, 5.41) is 0. The molecule has 66 valence electrons. The van der Waals surface area contributed by atoms with E-state index in [-0.39, 0.29) is 0 Å². The molecule has 2 rings (SSSR count). The number of hydrogen-bond donors (Lipinski definition) is 0. The Balaban J connectivity index is 2.59. The lowest BCUT2D eigenvalue weighted by Gasteiger charge is -2.02. The van der Waals surface area contributed by atoms with Crippen molar-refractivity contribution in [3.05, 3.63) is 47.9 Å². The lowest BCUT2D eigenvalue weighted by atomic mass is 10.0. The average Bonchev–Trinajstić information content (AvgIpc) is 2.52. The molecular formula is C12H12O. The SMILES string of the molecule is Cc1ccccc1-c1ccoc1C. The number of benzene rings is 1. The second-order valence-electron chi connectivity index (χ2n) is 3.21. The molecule has 0 unspecified atom stereocenters. The van der Waals surface area contributed by atoms with Crippen LogP contribution in [0, 0.1) is 13.8 Å². The van der Waals surface area contributed by atoms with Crippen molar-refractivity contribution in [3.8, 4) is 11.1 Å². The van der Waals surface area contributed by atoms with Crippen molar-refractivity contribution in [2.45, 2.75) is 13.8 Å². The second-order valence-corrected chi connectivity index (χ2v) is 3.21. The molecule has 2 aromatic rings. The molecule has 1 aromatic heterocycles. The summed E-state index contributed by atoms with van der Waals surface area (Å²) in [6.07, 6.45) is 1.73. The highest BCUT2D eigenvalue weighted by atomic mass is 16.3. The van der Waals surface area contributed by atoms with Crippen LogP contribution in [0.15, 0.2) is 41.0 Å². The van der Waals surface area contributed by atoms with E-state index >= 15 is 0 Å². The Labute approximate surface area is 78.0 Å². The van der Waals surface area contributed by atoms with Gasteiger partial charge in [0.2, 0.25) is 0 Å². The van der Waals surface area contributed by atoms with E-state index in [4.69, 9.17) is 4.42 Å². The van der Waals surface area contributed by atoms with Crippen LogP contribution in [0.1, 0.15) is 11.3 Å². The van der Waals surface area contributed by atoms with Crippen molar-refractivity contribution < 1.29 is 4.42 Å². The molecule has 0 radical (unpaired) electrons. The van der Waals surface area contributed by atoms with E-state index in [0.717, 1.165) is 5.76 Å². The molecule has 0 N–H and O–H groups in total. The Bertz CT molecular complexity index is 413. The maximum absolute atomic E-state index is 5.27. The van der Waals surface area contributed by atoms with Gasteiger partial charge in [0.05, 0.1) is 6.26 Å². The minimum atomic E-state index is 0.981. The van der Waals surface area contributed by atoms with Crippen LogP contribution in [-0.2, 0) is 0 Å². The molecule has 0 aliphatic rings. The van der Waals surface area contributed by atoms with Gasteiger partial charge in [0.15, 0.2) is 0 Å². The summed E-state index contributed by atoms with van der Waals surface area (Å²) in [5.41, 5.74) is 3.74. The molecule has 1 heteroatoms. The van der Waals surface area contributed by atoms with Crippen LogP contribution in [0.4, 0.5) is 0 Å². The quantitative estimate of drug-likeness (QED) is 0.641. The molecule has 0 atom stereocenters. The van der Waals surface area contributed by atoms with Crippen molar-refractivity contribution in [2.24, 2.45) is 0 Å². The van der Waals surface area contributed by atoms with E-state index in [0.29, 0.717) is 0 Å². The minimum absolute atomic E-state index is 0.981. The standard InChI is InChI=1S/C12H12O/c1-9-5-3-4-6-11(9)12-7-8-13-10(12)2/h3-8H,1-2H3. The van der Waals surface area contributed by atoms with Crippen LogP contribution < -0.4 is 0 Å². The van der Waals surface area contributed by atoms with Crippen molar-refractivity contribution in [2.75, 3.05) is 0 Å². The normalized spacial score (nSPS) is 10.3. The third-order valence-corrected chi connectivity index (χ3v) is 2.29. The van der Waals surface area contributed by atoms with Crippen LogP contribution in [-0.4, -0.2) is 0 Å². The Hall–Kier alpha value is -1.50. The Morgan fingerprint density at radius 1 is 0.923 bits per heavy atom. The molecule has 0 bridgehead atoms. The van der Waals surface area contributed by atoms with Gasteiger partial charge in [-0.25, -0.2) is 0 Å². The lowest BCUT2D eigenvalue weighted by molar-refractivity contribution is 0.535. The zero-order valence-corrected chi connectivity index (χ0v) is 7.87. The first-order chi connectivity index (χ1) is 6.29. The van der Waals surface area contributed by atoms with Gasteiger partial charge in [0, 0.05) is 5.56 Å². The molecule has 0 aliphatic heterocycles. The molecular weight excluding hydrogens is 160 g/mol. The predicted molar refractivity (Wildman–Crippen MR) is 53.6 cm³/mol. The van der Waals surface area contributed by atoms with Crippen LogP contribution in [0.5, 0.6) is 0 Å². The van der Waals surface area contributed by atoms with Gasteiger partial charge in [-0.1, -0.05) is 24.3 Å². The number of hydrogen-bond acceptors (Lipinski definition) is 1. The number of rotatable bonds is 1. The summed E-state index contributed by atoms with van der Waals surface area (Å²) in [5.74, 6) is 0.981. The van der Waals surface area contributed by atoms with E-state index in [9.17, 15) is 0 Å². The first kappa shape index (κ1) is 8.11. The maximum atomic E-state index is 5.27. The summed E-state index contributed by atoms with van der Waals surface area (Å²) in [6.45, 7) is 4.10. The third kappa shape index (κ3) is 1.37. The first-order valence-corrected chi connectivity index (χ1v) is 4.39. The number of aryl methyl sites for hydroxylation is 2. The Kier molecular flexibility index (Phi) is 1.93. The third-order valence-electron chi connectivity index (χ3n) is 2.29. The minimum Gasteiger partial charge on any atom is -0.469 e. The fraction of sp³-hybridized carbons (Fsp3) is 0.167. The van der Waals surface area contributed by atoms with Crippen molar-refractivity contribution in [1.82, 2.24) is 0 Å². The number of furan rings is 1. The molecule has 0 spiro atoms. The van der Waals surface area contributed by atoms with Gasteiger partial charge in [0.1, 0.15) is 5.76 Å². The van der Waals surface area contributed by atoms with Gasteiger partial charge < -0.3 is 4.42 Å². The van der Waals surface area contributed by atoms with Gasteiger partial charge in [-0.05, 0) is 31.0 Å². The molecule has 0 saturated carbocycles. The molecule has 0 saturated heterocycles. The first-order valence-electron chi connectivity index (χ1n) is 4.39. The van der Waals surface area contributed by atoms with Gasteiger partial charge in [-0.3, -0.25) is 0 Å². The lowest BCUT2D eigenvalue weighted by Crippen LogP contribution is -1.81. The van der Waals surface area contributed by atoms with Gasteiger partial charge in [-0.15, -0.1) is 0 Å². The molecule has 1 nitrogen and oxygen atoms in total. The topological polar surface area (TPSA) is 13.1 Å². The second kappa shape index (κ2) is 3.09. The molecule has 1 aromatic carbocycles. The zero-order valence-electron chi connectivity index (χ0n) is 7.87. The van der Waals surface area contributed by atoms with Crippen LogP contribution in [0.2, 0.25) is 0 Å². The summed E-state index contributed by atoms with van der Waals surface area (Å²) < 4.78 is 5.27. The van der Waals surface area contributed by atoms with Crippen LogP contribution in [0.25, 0.3) is 11.1 Å². The predicted octanol–water partition coefficient (Wildman–Crippen LogP) is 3.56. The fourth-order valence-electron chi connectivity index (χ4n) is 1.54. The molecule has 0 amide bonds. The van der Waals surface area contributed by atoms with E-state index in [1.807, 2.05) is 19.1 Å². The van der Waals surface area contributed by atoms with Crippen molar-refractivity contribution in [3.63, 3.8) is 0 Å². The van der Waals surface area contributed by atoms with E-state index < -0.39 is 0 Å². The van der Waals surface area contributed by atoms with Gasteiger partial charge in [0.25, 0.3) is 0 Å². The van der Waals surface area contributed by atoms with Gasteiger partial charge >= 0.3 is 0 Å². The molecule has 0 aliphatic carbocycles. The summed E-state index contributed by atoms with van der Waals surface area (Å²) in [6, 6.07) is 10.3. The molecule has 13 heavy (non-hydrogen) atoms. The van der Waals surface area contributed by atoms with Crippen molar-refractivity contribution in [1.29, 1.82) is 0 Å².